The largest absolute Gasteiger partial charge is 0.309 e. The molecule has 0 fully saturated rings. The summed E-state index contributed by atoms with van der Waals surface area (Å²) in [6, 6.07) is 103. The van der Waals surface area contributed by atoms with Gasteiger partial charge >= 0.3 is 0 Å². The van der Waals surface area contributed by atoms with E-state index in [1.165, 1.54) is 132 Å². The summed E-state index contributed by atoms with van der Waals surface area (Å²) in [4.78, 5) is 5.22. The zero-order valence-electron chi connectivity index (χ0n) is 52.6. The molecule has 0 heterocycles. The van der Waals surface area contributed by atoms with Crippen molar-refractivity contribution in [3.63, 3.8) is 0 Å². The molecular weight excluding hydrogens is 1130 g/mol. The maximum atomic E-state index is 2.63. The van der Waals surface area contributed by atoms with E-state index in [1.807, 2.05) is 0 Å². The van der Waals surface area contributed by atoms with Gasteiger partial charge in [-0.05, 0) is 181 Å². The number of anilines is 6. The third-order valence-corrected chi connectivity index (χ3v) is 21.1. The molecule has 4 unspecified atom stereocenters. The normalized spacial score (nSPS) is 16.1. The molecule has 4 atom stereocenters. The van der Waals surface area contributed by atoms with Crippen molar-refractivity contribution in [2.75, 3.05) is 9.80 Å². The molecule has 13 aromatic carbocycles. The first-order chi connectivity index (χ1) is 46.7. The summed E-state index contributed by atoms with van der Waals surface area (Å²) in [7, 11) is 0. The second kappa shape index (κ2) is 23.6. The van der Waals surface area contributed by atoms with Gasteiger partial charge in [0.25, 0.3) is 0 Å². The molecule has 0 amide bonds. The fourth-order valence-electron chi connectivity index (χ4n) is 17.2. The van der Waals surface area contributed by atoms with Crippen LogP contribution in [0.4, 0.5) is 34.1 Å². The maximum absolute atomic E-state index is 2.63. The number of hydrogen-bond donors (Lipinski definition) is 0. The van der Waals surface area contributed by atoms with Gasteiger partial charge in [0.1, 0.15) is 0 Å². The van der Waals surface area contributed by atoms with Gasteiger partial charge in [-0.3, -0.25) is 0 Å². The Bertz CT molecular complexity index is 5210. The van der Waals surface area contributed by atoms with Crippen molar-refractivity contribution in [2.24, 2.45) is 11.8 Å². The highest BCUT2D eigenvalue weighted by molar-refractivity contribution is 6.32. The van der Waals surface area contributed by atoms with Gasteiger partial charge in [-0.2, -0.15) is 0 Å². The molecule has 2 heteroatoms. The lowest BCUT2D eigenvalue weighted by atomic mass is 9.75. The van der Waals surface area contributed by atoms with E-state index in [-0.39, 0.29) is 23.7 Å². The fraction of sp³-hybridized carbons (Fsp3) is 0.109. The molecule has 0 saturated heterocycles. The van der Waals surface area contributed by atoms with Crippen LogP contribution < -0.4 is 9.80 Å². The smallest absolute Gasteiger partial charge is 0.0628 e. The third-order valence-electron chi connectivity index (χ3n) is 21.1. The Kier molecular flexibility index (Phi) is 14.0. The summed E-state index contributed by atoms with van der Waals surface area (Å²) < 4.78 is 0. The first-order valence-electron chi connectivity index (χ1n) is 33.9. The van der Waals surface area contributed by atoms with Crippen LogP contribution in [-0.4, -0.2) is 0 Å². The van der Waals surface area contributed by atoms with Crippen LogP contribution in [-0.2, 0) is 6.42 Å². The maximum Gasteiger partial charge on any atom is 0.0628 e. The van der Waals surface area contributed by atoms with Crippen molar-refractivity contribution < 1.29 is 0 Å². The second-order valence-corrected chi connectivity index (χ2v) is 26.2. The molecule has 94 heavy (non-hydrogen) atoms. The van der Waals surface area contributed by atoms with Crippen molar-refractivity contribution >= 4 is 88.4 Å². The highest BCUT2D eigenvalue weighted by atomic mass is 15.2. The molecule has 18 rings (SSSR count). The molecule has 0 saturated carbocycles. The molecule has 5 aliphatic rings. The number of nitrogens with zero attached hydrogens (tertiary/aromatic N) is 2. The Morgan fingerprint density at radius 2 is 0.830 bits per heavy atom. The molecule has 5 aliphatic carbocycles. The van der Waals surface area contributed by atoms with Crippen LogP contribution in [0.15, 0.2) is 333 Å². The standard InChI is InChI=1S/C92H70N2/c1-9-29-61(30-10-1)53-55-71(63-33-13-3-14-34-63)83-79-59-57-73-74(85(79)92(94(69-45-21-7-22-46-69)70-47-23-8-24-48-70)90-78-52-28-40-65-37-25-49-75(81(65)78)87(83)90)58-60-80-84(73)86(72(64-35-15-4-16-36-64)56-54-62-31-11-2-12-32-62)88-76-50-26-38-66-39-27-51-77(82(66)76)89(88)91(80)93(67-41-17-5-18-42-67)68-43-19-6-20-44-68/h1-11,13-31,33-52,57-60,65,71-72,81H,12,32,53-56H2. The van der Waals surface area contributed by atoms with Gasteiger partial charge in [-0.15, -0.1) is 0 Å². The number of fused-ring (bicyclic) bond motifs is 11. The fourth-order valence-corrected chi connectivity index (χ4v) is 17.2. The predicted octanol–water partition coefficient (Wildman–Crippen LogP) is 25.0. The van der Waals surface area contributed by atoms with Gasteiger partial charge in [0, 0.05) is 68.3 Å². The average molecular weight is 1200 g/mol. The van der Waals surface area contributed by atoms with Gasteiger partial charge in [0.05, 0.1) is 11.4 Å². The molecule has 0 bridgehead atoms. The van der Waals surface area contributed by atoms with E-state index in [4.69, 9.17) is 0 Å². The lowest BCUT2D eigenvalue weighted by Crippen LogP contribution is -2.16. The third kappa shape index (κ3) is 9.21. The summed E-state index contributed by atoms with van der Waals surface area (Å²) in [5.74, 6) is 0.453. The van der Waals surface area contributed by atoms with E-state index in [2.05, 4.69) is 337 Å². The highest BCUT2D eigenvalue weighted by Gasteiger charge is 2.45. The van der Waals surface area contributed by atoms with E-state index in [1.54, 1.807) is 0 Å². The van der Waals surface area contributed by atoms with Gasteiger partial charge < -0.3 is 9.80 Å². The number of rotatable bonds is 16. The molecule has 13 aromatic rings. The van der Waals surface area contributed by atoms with Crippen molar-refractivity contribution in [2.45, 2.75) is 50.4 Å². The first-order valence-corrected chi connectivity index (χ1v) is 33.9. The quantitative estimate of drug-likeness (QED) is 0.0890. The zero-order chi connectivity index (χ0) is 62.1. The summed E-state index contributed by atoms with van der Waals surface area (Å²) >= 11 is 0. The van der Waals surface area contributed by atoms with Crippen LogP contribution in [0.1, 0.15) is 82.9 Å². The van der Waals surface area contributed by atoms with Crippen LogP contribution in [0.2, 0.25) is 0 Å². The van der Waals surface area contributed by atoms with Crippen molar-refractivity contribution in [1.29, 1.82) is 0 Å². The molecule has 0 spiro atoms. The van der Waals surface area contributed by atoms with E-state index >= 15 is 0 Å². The monoisotopic (exact) mass is 1200 g/mol. The number of hydrogen-bond acceptors (Lipinski definition) is 2. The summed E-state index contributed by atoms with van der Waals surface area (Å²) in [6.45, 7) is 0. The Balaban J connectivity index is 1.07. The minimum Gasteiger partial charge on any atom is -0.309 e. The van der Waals surface area contributed by atoms with E-state index < -0.39 is 0 Å². The Hall–Kier alpha value is -11.1. The minimum absolute atomic E-state index is 0.0189. The molecule has 0 radical (unpaired) electrons. The van der Waals surface area contributed by atoms with Crippen LogP contribution in [0.3, 0.4) is 0 Å². The van der Waals surface area contributed by atoms with Crippen LogP contribution >= 0.6 is 0 Å². The topological polar surface area (TPSA) is 6.48 Å². The lowest BCUT2D eigenvalue weighted by Gasteiger charge is -2.34. The highest BCUT2D eigenvalue weighted by Crippen LogP contribution is 2.65. The molecule has 2 nitrogen and oxygen atoms in total. The summed E-state index contributed by atoms with van der Waals surface area (Å²) in [5.41, 5.74) is 26.1. The molecule has 0 aromatic heterocycles. The number of para-hydroxylation sites is 4. The molecular formula is C92H70N2. The number of benzene rings is 13. The van der Waals surface area contributed by atoms with Gasteiger partial charge in [-0.1, -0.05) is 285 Å². The summed E-state index contributed by atoms with van der Waals surface area (Å²) in [5, 5.41) is 10.2. The van der Waals surface area contributed by atoms with E-state index in [9.17, 15) is 0 Å². The van der Waals surface area contributed by atoms with Crippen molar-refractivity contribution in [3.8, 4) is 22.3 Å². The van der Waals surface area contributed by atoms with Crippen LogP contribution in [0, 0.1) is 11.8 Å². The Morgan fingerprint density at radius 3 is 1.39 bits per heavy atom. The van der Waals surface area contributed by atoms with Crippen LogP contribution in [0.25, 0.3) is 76.5 Å². The van der Waals surface area contributed by atoms with Gasteiger partial charge in [0.2, 0.25) is 0 Å². The first kappa shape index (κ1) is 55.8. The van der Waals surface area contributed by atoms with Gasteiger partial charge in [0.15, 0.2) is 0 Å². The minimum atomic E-state index is 0.0189. The van der Waals surface area contributed by atoms with Gasteiger partial charge in [-0.25, -0.2) is 0 Å². The molecule has 448 valence electrons. The molecule has 0 aliphatic heterocycles. The average Bonchev–Trinajstić information content (AvgIpc) is 1.41. The predicted molar refractivity (Wildman–Crippen MR) is 399 cm³/mol. The van der Waals surface area contributed by atoms with Crippen molar-refractivity contribution in [3.05, 3.63) is 372 Å². The number of allylic oxidation sites excluding steroid dienone is 12. The van der Waals surface area contributed by atoms with Crippen LogP contribution in [0.5, 0.6) is 0 Å². The van der Waals surface area contributed by atoms with Crippen molar-refractivity contribution in [1.82, 2.24) is 0 Å². The molecule has 0 N–H and O–H groups in total. The Labute approximate surface area is 551 Å². The van der Waals surface area contributed by atoms with E-state index in [0.29, 0.717) is 0 Å². The lowest BCUT2D eigenvalue weighted by molar-refractivity contribution is 0.695. The Morgan fingerprint density at radius 1 is 0.351 bits per heavy atom. The SMILES string of the molecule is C1=CCCC(CCC(c2ccccc2)c2c3c(c(N(c4ccccc4)c4ccccc4)c4ccc5c(ccc6c(C(CCc7ccccc7)c7ccccc7)c7c(c(N(c8ccccc8)c8ccccc8)c65)C5=CC=CC6C=CC=C7C56)c24)-c2cccc4cccc-3c24)=C1. The number of aryl methyl sites for hydroxylation is 1. The van der Waals surface area contributed by atoms with E-state index in [0.717, 1.165) is 61.3 Å². The summed E-state index contributed by atoms with van der Waals surface area (Å²) in [6.07, 6.45) is 27.5. The second-order valence-electron chi connectivity index (χ2n) is 26.2. The zero-order valence-corrected chi connectivity index (χ0v) is 52.6.